The molecule has 0 aliphatic rings. The van der Waals surface area contributed by atoms with Crippen molar-refractivity contribution in [3.8, 4) is 0 Å². The van der Waals surface area contributed by atoms with Crippen molar-refractivity contribution < 1.29 is 9.90 Å². The molecule has 5 nitrogen and oxygen atoms in total. The summed E-state index contributed by atoms with van der Waals surface area (Å²) >= 11 is 1.43. The molecule has 0 bridgehead atoms. The zero-order valence-electron chi connectivity index (χ0n) is 16.3. The number of imidazole rings is 1. The van der Waals surface area contributed by atoms with Crippen LogP contribution in [0.25, 0.3) is 0 Å². The van der Waals surface area contributed by atoms with Gasteiger partial charge in [-0.25, -0.2) is 4.98 Å². The first-order chi connectivity index (χ1) is 12.3. The number of aliphatic hydroxyl groups excluding tert-OH is 1. The standard InChI is InChI=1S/C20H29N3O2S/c1-14(2)23(15(3)4)19(25)13-26-20-21-10-18(12-24)22(20)11-17-8-6-7-16(5)9-17/h6-10,14-15,24H,11-13H2,1-5H3. The largest absolute Gasteiger partial charge is 0.390 e. The second-order valence-electron chi connectivity index (χ2n) is 7.04. The zero-order valence-corrected chi connectivity index (χ0v) is 17.1. The van der Waals surface area contributed by atoms with Crippen LogP contribution in [0, 0.1) is 6.92 Å². The topological polar surface area (TPSA) is 58.4 Å². The molecular weight excluding hydrogens is 346 g/mol. The number of aryl methyl sites for hydroxylation is 1. The minimum Gasteiger partial charge on any atom is -0.390 e. The lowest BCUT2D eigenvalue weighted by atomic mass is 10.1. The van der Waals surface area contributed by atoms with Crippen LogP contribution in [-0.2, 0) is 17.9 Å². The van der Waals surface area contributed by atoms with Gasteiger partial charge in [-0.2, -0.15) is 0 Å². The molecule has 6 heteroatoms. The van der Waals surface area contributed by atoms with E-state index >= 15 is 0 Å². The van der Waals surface area contributed by atoms with Gasteiger partial charge in [-0.15, -0.1) is 0 Å². The third kappa shape index (κ3) is 5.11. The van der Waals surface area contributed by atoms with Crippen LogP contribution >= 0.6 is 11.8 Å². The molecule has 1 N–H and O–H groups in total. The first-order valence-electron chi connectivity index (χ1n) is 8.98. The second kappa shape index (κ2) is 9.24. The first-order valence-corrected chi connectivity index (χ1v) is 9.96. The average molecular weight is 376 g/mol. The highest BCUT2D eigenvalue weighted by molar-refractivity contribution is 7.99. The number of benzene rings is 1. The van der Waals surface area contributed by atoms with E-state index in [2.05, 4.69) is 30.1 Å². The first kappa shape index (κ1) is 20.5. The summed E-state index contributed by atoms with van der Waals surface area (Å²) in [6.45, 7) is 10.8. The number of nitrogens with zero attached hydrogens (tertiary/aromatic N) is 3. The van der Waals surface area contributed by atoms with Gasteiger partial charge in [0.2, 0.25) is 5.91 Å². The van der Waals surface area contributed by atoms with Crippen LogP contribution in [0.3, 0.4) is 0 Å². The van der Waals surface area contributed by atoms with Crippen molar-refractivity contribution >= 4 is 17.7 Å². The van der Waals surface area contributed by atoms with Crippen molar-refractivity contribution in [3.05, 3.63) is 47.3 Å². The van der Waals surface area contributed by atoms with Gasteiger partial charge in [0.1, 0.15) is 0 Å². The summed E-state index contributed by atoms with van der Waals surface area (Å²) in [5, 5.41) is 10.4. The Morgan fingerprint density at radius 1 is 1.27 bits per heavy atom. The van der Waals surface area contributed by atoms with E-state index in [0.29, 0.717) is 12.3 Å². The third-order valence-corrected chi connectivity index (χ3v) is 5.19. The summed E-state index contributed by atoms with van der Waals surface area (Å²) in [7, 11) is 0. The Morgan fingerprint density at radius 2 is 1.96 bits per heavy atom. The molecule has 0 saturated heterocycles. The Labute approximate surface area is 160 Å². The van der Waals surface area contributed by atoms with Crippen LogP contribution in [0.1, 0.15) is 44.5 Å². The monoisotopic (exact) mass is 375 g/mol. The van der Waals surface area contributed by atoms with E-state index in [4.69, 9.17) is 0 Å². The Morgan fingerprint density at radius 3 is 2.54 bits per heavy atom. The maximum absolute atomic E-state index is 12.6. The van der Waals surface area contributed by atoms with Crippen molar-refractivity contribution in [2.45, 2.75) is 65.0 Å². The quantitative estimate of drug-likeness (QED) is 0.718. The molecule has 2 rings (SSSR count). The summed E-state index contributed by atoms with van der Waals surface area (Å²) in [6, 6.07) is 8.61. The zero-order chi connectivity index (χ0) is 19.3. The summed E-state index contributed by atoms with van der Waals surface area (Å²) in [5.41, 5.74) is 3.10. The summed E-state index contributed by atoms with van der Waals surface area (Å²) in [6.07, 6.45) is 1.69. The van der Waals surface area contributed by atoms with Crippen LogP contribution in [0.15, 0.2) is 35.6 Å². The minimum absolute atomic E-state index is 0.0720. The van der Waals surface area contributed by atoms with Gasteiger partial charge in [-0.05, 0) is 40.2 Å². The molecule has 1 amide bonds. The molecule has 0 aliphatic carbocycles. The fourth-order valence-electron chi connectivity index (χ4n) is 3.17. The van der Waals surface area contributed by atoms with Crippen molar-refractivity contribution in [2.75, 3.05) is 5.75 Å². The van der Waals surface area contributed by atoms with Crippen LogP contribution in [0.4, 0.5) is 0 Å². The van der Waals surface area contributed by atoms with Crippen molar-refractivity contribution in [1.29, 1.82) is 0 Å². The molecule has 0 spiro atoms. The lowest BCUT2D eigenvalue weighted by Crippen LogP contribution is -2.43. The molecule has 0 aliphatic heterocycles. The fraction of sp³-hybridized carbons (Fsp3) is 0.500. The molecule has 2 aromatic rings. The van der Waals surface area contributed by atoms with E-state index in [-0.39, 0.29) is 24.6 Å². The van der Waals surface area contributed by atoms with Gasteiger partial charge >= 0.3 is 0 Å². The lowest BCUT2D eigenvalue weighted by molar-refractivity contribution is -0.131. The molecule has 0 radical (unpaired) electrons. The highest BCUT2D eigenvalue weighted by Gasteiger charge is 2.21. The van der Waals surface area contributed by atoms with E-state index in [1.807, 2.05) is 43.2 Å². The Balaban J connectivity index is 2.15. The molecule has 0 unspecified atom stereocenters. The SMILES string of the molecule is Cc1cccc(Cn2c(CO)cnc2SCC(=O)N(C(C)C)C(C)C)c1. The number of amides is 1. The Kier molecular flexibility index (Phi) is 7.29. The molecule has 26 heavy (non-hydrogen) atoms. The van der Waals surface area contributed by atoms with Gasteiger partial charge in [0, 0.05) is 18.6 Å². The fourth-order valence-corrected chi connectivity index (χ4v) is 4.04. The molecule has 142 valence electrons. The minimum atomic E-state index is -0.0720. The number of hydrogen-bond acceptors (Lipinski definition) is 4. The summed E-state index contributed by atoms with van der Waals surface area (Å²) < 4.78 is 1.99. The number of hydrogen-bond donors (Lipinski definition) is 1. The van der Waals surface area contributed by atoms with E-state index in [1.54, 1.807) is 6.20 Å². The van der Waals surface area contributed by atoms with Crippen molar-refractivity contribution in [3.63, 3.8) is 0 Å². The number of aliphatic hydroxyl groups is 1. The summed E-state index contributed by atoms with van der Waals surface area (Å²) in [4.78, 5) is 18.9. The van der Waals surface area contributed by atoms with Gasteiger partial charge in [-0.3, -0.25) is 4.79 Å². The number of aromatic nitrogens is 2. The maximum Gasteiger partial charge on any atom is 0.233 e. The van der Waals surface area contributed by atoms with Crippen LogP contribution in [0.5, 0.6) is 0 Å². The molecular formula is C20H29N3O2S. The van der Waals surface area contributed by atoms with Gasteiger partial charge in [0.25, 0.3) is 0 Å². The lowest BCUT2D eigenvalue weighted by Gasteiger charge is -2.30. The van der Waals surface area contributed by atoms with E-state index in [0.717, 1.165) is 16.4 Å². The van der Waals surface area contributed by atoms with Crippen LogP contribution in [-0.4, -0.2) is 43.3 Å². The molecule has 0 atom stereocenters. The van der Waals surface area contributed by atoms with Crippen molar-refractivity contribution in [1.82, 2.24) is 14.5 Å². The second-order valence-corrected chi connectivity index (χ2v) is 7.99. The third-order valence-electron chi connectivity index (χ3n) is 4.21. The van der Waals surface area contributed by atoms with Gasteiger partial charge in [0.15, 0.2) is 5.16 Å². The van der Waals surface area contributed by atoms with Crippen molar-refractivity contribution in [2.24, 2.45) is 0 Å². The summed E-state index contributed by atoms with van der Waals surface area (Å²) in [5.74, 6) is 0.446. The number of carbonyl (C=O) groups excluding carboxylic acids is 1. The Bertz CT molecular complexity index is 732. The number of thioether (sulfide) groups is 1. The van der Waals surface area contributed by atoms with E-state index in [9.17, 15) is 9.90 Å². The molecule has 1 aromatic carbocycles. The van der Waals surface area contributed by atoms with Crippen LogP contribution < -0.4 is 0 Å². The normalized spacial score (nSPS) is 11.4. The Hall–Kier alpha value is -1.79. The number of carbonyl (C=O) groups is 1. The molecule has 1 aromatic heterocycles. The van der Waals surface area contributed by atoms with Crippen LogP contribution in [0.2, 0.25) is 0 Å². The smallest absolute Gasteiger partial charge is 0.233 e. The highest BCUT2D eigenvalue weighted by atomic mass is 32.2. The number of rotatable bonds is 8. The maximum atomic E-state index is 12.6. The molecule has 0 fully saturated rings. The van der Waals surface area contributed by atoms with Gasteiger partial charge < -0.3 is 14.6 Å². The van der Waals surface area contributed by atoms with Gasteiger partial charge in [-0.1, -0.05) is 41.6 Å². The van der Waals surface area contributed by atoms with E-state index < -0.39 is 0 Å². The van der Waals surface area contributed by atoms with E-state index in [1.165, 1.54) is 17.3 Å². The predicted octanol–water partition coefficient (Wildman–Crippen LogP) is 3.47. The predicted molar refractivity (Wildman–Crippen MR) is 106 cm³/mol. The van der Waals surface area contributed by atoms with Gasteiger partial charge in [0.05, 0.1) is 24.3 Å². The highest BCUT2D eigenvalue weighted by Crippen LogP contribution is 2.22. The average Bonchev–Trinajstić information content (AvgIpc) is 2.94. The molecule has 0 saturated carbocycles. The molecule has 1 heterocycles.